The van der Waals surface area contributed by atoms with Crippen molar-refractivity contribution in [2.24, 2.45) is 0 Å². The van der Waals surface area contributed by atoms with Gasteiger partial charge in [-0.3, -0.25) is 20.4 Å². The molecule has 2 amide bonds. The monoisotopic (exact) mass is 264 g/mol. The van der Waals surface area contributed by atoms with Gasteiger partial charge in [-0.15, -0.1) is 0 Å². The van der Waals surface area contributed by atoms with Gasteiger partial charge in [0.2, 0.25) is 12.0 Å². The molecule has 0 aliphatic carbocycles. The van der Waals surface area contributed by atoms with Crippen LogP contribution in [0.25, 0.3) is 0 Å². The summed E-state index contributed by atoms with van der Waals surface area (Å²) >= 11 is 0. The molecule has 2 rings (SSSR count). The zero-order valence-corrected chi connectivity index (χ0v) is 10.6. The standard InChI is InChI=1S/C13H16N2O4/c1-2-5-12(16)14-15-13(17)11-8-18-9-6-3-4-7-10(9)19-11/h3-4,6-7,11H,2,5,8H2,1H3,(H,14,16)(H,15,17). The van der Waals surface area contributed by atoms with E-state index >= 15 is 0 Å². The molecule has 19 heavy (non-hydrogen) atoms. The predicted octanol–water partition coefficient (Wildman–Crippen LogP) is 0.774. The van der Waals surface area contributed by atoms with Crippen molar-refractivity contribution in [3.8, 4) is 11.5 Å². The van der Waals surface area contributed by atoms with Gasteiger partial charge in [-0.2, -0.15) is 0 Å². The number of carbonyl (C=O) groups excluding carboxylic acids is 2. The van der Waals surface area contributed by atoms with Crippen molar-refractivity contribution in [3.05, 3.63) is 24.3 Å². The van der Waals surface area contributed by atoms with Gasteiger partial charge in [0.25, 0.3) is 5.91 Å². The van der Waals surface area contributed by atoms with E-state index in [4.69, 9.17) is 9.47 Å². The van der Waals surface area contributed by atoms with Crippen LogP contribution in [0.2, 0.25) is 0 Å². The Bertz CT molecular complexity index is 475. The first-order valence-electron chi connectivity index (χ1n) is 6.18. The SMILES string of the molecule is CCCC(=O)NNC(=O)C1COc2ccccc2O1. The van der Waals surface area contributed by atoms with Crippen molar-refractivity contribution in [1.29, 1.82) is 0 Å². The summed E-state index contributed by atoms with van der Waals surface area (Å²) in [6, 6.07) is 7.12. The Balaban J connectivity index is 1.87. The van der Waals surface area contributed by atoms with Gasteiger partial charge in [-0.25, -0.2) is 0 Å². The number of hydrogen-bond acceptors (Lipinski definition) is 4. The summed E-state index contributed by atoms with van der Waals surface area (Å²) < 4.78 is 10.9. The van der Waals surface area contributed by atoms with Gasteiger partial charge in [-0.1, -0.05) is 19.1 Å². The highest BCUT2D eigenvalue weighted by Gasteiger charge is 2.27. The highest BCUT2D eigenvalue weighted by molar-refractivity contribution is 5.85. The fraction of sp³-hybridized carbons (Fsp3) is 0.385. The summed E-state index contributed by atoms with van der Waals surface area (Å²) in [5, 5.41) is 0. The van der Waals surface area contributed by atoms with Crippen LogP contribution < -0.4 is 20.3 Å². The number of para-hydroxylation sites is 2. The topological polar surface area (TPSA) is 76.7 Å². The van der Waals surface area contributed by atoms with Gasteiger partial charge >= 0.3 is 0 Å². The van der Waals surface area contributed by atoms with Gasteiger partial charge < -0.3 is 9.47 Å². The molecule has 0 aromatic heterocycles. The van der Waals surface area contributed by atoms with Gasteiger partial charge in [0.15, 0.2) is 11.5 Å². The van der Waals surface area contributed by atoms with E-state index in [9.17, 15) is 9.59 Å². The Morgan fingerprint density at radius 2 is 2.00 bits per heavy atom. The number of fused-ring (bicyclic) bond motifs is 1. The Morgan fingerprint density at radius 3 is 2.74 bits per heavy atom. The molecular weight excluding hydrogens is 248 g/mol. The first-order chi connectivity index (χ1) is 9.20. The predicted molar refractivity (Wildman–Crippen MR) is 67.5 cm³/mol. The first-order valence-corrected chi connectivity index (χ1v) is 6.18. The van der Waals surface area contributed by atoms with Crippen molar-refractivity contribution >= 4 is 11.8 Å². The van der Waals surface area contributed by atoms with Crippen LogP contribution in [0.1, 0.15) is 19.8 Å². The second-order valence-electron chi connectivity index (χ2n) is 4.15. The summed E-state index contributed by atoms with van der Waals surface area (Å²) in [6.45, 7) is 2.00. The van der Waals surface area contributed by atoms with Crippen molar-refractivity contribution in [1.82, 2.24) is 10.9 Å². The lowest BCUT2D eigenvalue weighted by atomic mass is 10.2. The number of benzene rings is 1. The maximum Gasteiger partial charge on any atom is 0.283 e. The van der Waals surface area contributed by atoms with E-state index in [-0.39, 0.29) is 12.5 Å². The molecule has 1 aliphatic heterocycles. The summed E-state index contributed by atoms with van der Waals surface area (Å²) in [6.07, 6.45) is 0.320. The van der Waals surface area contributed by atoms with Crippen LogP contribution in [0, 0.1) is 0 Å². The lowest BCUT2D eigenvalue weighted by molar-refractivity contribution is -0.135. The van der Waals surface area contributed by atoms with Gasteiger partial charge in [0, 0.05) is 6.42 Å². The Morgan fingerprint density at radius 1 is 1.26 bits per heavy atom. The fourth-order valence-corrected chi connectivity index (χ4v) is 1.65. The van der Waals surface area contributed by atoms with Crippen LogP contribution in [0.5, 0.6) is 11.5 Å². The molecule has 0 saturated heterocycles. The molecule has 0 saturated carbocycles. The van der Waals surface area contributed by atoms with Crippen molar-refractivity contribution in [3.63, 3.8) is 0 Å². The minimum absolute atomic E-state index is 0.118. The Hall–Kier alpha value is -2.24. The number of nitrogens with one attached hydrogen (secondary N) is 2. The summed E-state index contributed by atoms with van der Waals surface area (Å²) in [5.41, 5.74) is 4.65. The first kappa shape index (κ1) is 13.2. The molecule has 0 bridgehead atoms. The molecule has 2 N–H and O–H groups in total. The van der Waals surface area contributed by atoms with Crippen LogP contribution >= 0.6 is 0 Å². The van der Waals surface area contributed by atoms with E-state index < -0.39 is 12.0 Å². The second kappa shape index (κ2) is 6.08. The smallest absolute Gasteiger partial charge is 0.283 e. The Kier molecular flexibility index (Phi) is 4.22. The van der Waals surface area contributed by atoms with Crippen molar-refractivity contribution in [2.45, 2.75) is 25.9 Å². The normalized spacial score (nSPS) is 16.6. The van der Waals surface area contributed by atoms with Gasteiger partial charge in [-0.05, 0) is 18.6 Å². The molecule has 102 valence electrons. The maximum atomic E-state index is 11.8. The lowest BCUT2D eigenvalue weighted by Gasteiger charge is -2.25. The van der Waals surface area contributed by atoms with E-state index in [0.717, 1.165) is 6.42 Å². The minimum Gasteiger partial charge on any atom is -0.485 e. The molecule has 6 heteroatoms. The molecule has 0 spiro atoms. The number of ether oxygens (including phenoxy) is 2. The second-order valence-corrected chi connectivity index (χ2v) is 4.15. The molecule has 6 nitrogen and oxygen atoms in total. The van der Waals surface area contributed by atoms with E-state index in [1.165, 1.54) is 0 Å². The van der Waals surface area contributed by atoms with E-state index in [0.29, 0.717) is 17.9 Å². The highest BCUT2D eigenvalue weighted by atomic mass is 16.6. The van der Waals surface area contributed by atoms with E-state index in [1.807, 2.05) is 13.0 Å². The third-order valence-corrected chi connectivity index (χ3v) is 2.60. The zero-order chi connectivity index (χ0) is 13.7. The maximum absolute atomic E-state index is 11.8. The Labute approximate surface area is 111 Å². The van der Waals surface area contributed by atoms with Crippen LogP contribution in [-0.2, 0) is 9.59 Å². The van der Waals surface area contributed by atoms with E-state index in [2.05, 4.69) is 10.9 Å². The van der Waals surface area contributed by atoms with Crippen LogP contribution in [-0.4, -0.2) is 24.5 Å². The third kappa shape index (κ3) is 3.37. The lowest BCUT2D eigenvalue weighted by Crippen LogP contribution is -2.50. The molecule has 0 radical (unpaired) electrons. The molecule has 1 aliphatic rings. The quantitative estimate of drug-likeness (QED) is 0.791. The zero-order valence-electron chi connectivity index (χ0n) is 10.6. The van der Waals surface area contributed by atoms with Crippen LogP contribution in [0.3, 0.4) is 0 Å². The highest BCUT2D eigenvalue weighted by Crippen LogP contribution is 2.30. The average molecular weight is 264 g/mol. The number of rotatable bonds is 3. The number of hydrazine groups is 1. The van der Waals surface area contributed by atoms with Crippen molar-refractivity contribution < 1.29 is 19.1 Å². The van der Waals surface area contributed by atoms with E-state index in [1.54, 1.807) is 18.2 Å². The molecule has 1 atom stereocenters. The molecule has 1 aromatic rings. The van der Waals surface area contributed by atoms with Crippen molar-refractivity contribution in [2.75, 3.05) is 6.61 Å². The number of hydrogen-bond donors (Lipinski definition) is 2. The van der Waals surface area contributed by atoms with Crippen LogP contribution in [0.4, 0.5) is 0 Å². The average Bonchev–Trinajstić information content (AvgIpc) is 2.44. The molecular formula is C13H16N2O4. The minimum atomic E-state index is -0.767. The van der Waals surface area contributed by atoms with Crippen LogP contribution in [0.15, 0.2) is 24.3 Å². The summed E-state index contributed by atoms with van der Waals surface area (Å²) in [4.78, 5) is 23.0. The molecule has 1 unspecified atom stereocenters. The number of carbonyl (C=O) groups is 2. The fourth-order valence-electron chi connectivity index (χ4n) is 1.65. The number of amides is 2. The summed E-state index contributed by atoms with van der Waals surface area (Å²) in [7, 11) is 0. The summed E-state index contributed by atoms with van der Waals surface area (Å²) in [5.74, 6) is 0.474. The van der Waals surface area contributed by atoms with Gasteiger partial charge in [0.1, 0.15) is 6.61 Å². The van der Waals surface area contributed by atoms with Gasteiger partial charge in [0.05, 0.1) is 0 Å². The third-order valence-electron chi connectivity index (χ3n) is 2.60. The molecule has 0 fully saturated rings. The largest absolute Gasteiger partial charge is 0.485 e. The molecule has 1 aromatic carbocycles. The molecule has 1 heterocycles.